The smallest absolute Gasteiger partial charge is 0.347 e. The van der Waals surface area contributed by atoms with Gasteiger partial charge in [0.1, 0.15) is 16.8 Å². The van der Waals surface area contributed by atoms with Gasteiger partial charge in [0.15, 0.2) is 10.8 Å². The fourth-order valence-electron chi connectivity index (χ4n) is 4.09. The van der Waals surface area contributed by atoms with Gasteiger partial charge in [-0.15, -0.1) is 11.3 Å². The minimum Gasteiger partial charge on any atom is -0.457 e. The molecule has 1 N–H and O–H groups in total. The molecular weight excluding hydrogens is 534 g/mol. The molecule has 7 nitrogen and oxygen atoms in total. The molecule has 200 valence electrons. The molecule has 0 spiro atoms. The molecule has 0 radical (unpaired) electrons. The first-order valence-electron chi connectivity index (χ1n) is 12.2. The lowest BCUT2D eigenvalue weighted by molar-refractivity contribution is -0.160. The zero-order valence-electron chi connectivity index (χ0n) is 21.8. The van der Waals surface area contributed by atoms with Gasteiger partial charge in [0, 0.05) is 5.38 Å². The van der Waals surface area contributed by atoms with E-state index < -0.39 is 29.0 Å². The summed E-state index contributed by atoms with van der Waals surface area (Å²) in [6.45, 7) is 4.75. The average Bonchev–Trinajstić information content (AvgIpc) is 3.38. The van der Waals surface area contributed by atoms with Crippen molar-refractivity contribution in [2.45, 2.75) is 31.9 Å². The van der Waals surface area contributed by atoms with Gasteiger partial charge in [-0.2, -0.15) is 0 Å². The molecule has 4 aromatic rings. The summed E-state index contributed by atoms with van der Waals surface area (Å²) in [7, 11) is 0. The minimum absolute atomic E-state index is 0.214. The Morgan fingerprint density at radius 1 is 0.872 bits per heavy atom. The molecule has 1 heterocycles. The van der Waals surface area contributed by atoms with Gasteiger partial charge in [-0.05, 0) is 49.1 Å². The van der Waals surface area contributed by atoms with E-state index in [1.807, 2.05) is 54.6 Å². The Morgan fingerprint density at radius 2 is 1.36 bits per heavy atom. The van der Waals surface area contributed by atoms with Crippen molar-refractivity contribution < 1.29 is 19.2 Å². The number of nitrogens with one attached hydrogen (secondary N) is 1. The third-order valence-electron chi connectivity index (χ3n) is 5.61. The first-order valence-corrected chi connectivity index (χ1v) is 13.5. The van der Waals surface area contributed by atoms with Crippen LogP contribution < -0.4 is 5.32 Å². The number of thiazole rings is 1. The molecular formula is C30H28ClN3O4S. The van der Waals surface area contributed by atoms with Crippen molar-refractivity contribution in [3.05, 3.63) is 119 Å². The van der Waals surface area contributed by atoms with Gasteiger partial charge in [-0.1, -0.05) is 96.2 Å². The normalized spacial score (nSPS) is 12.1. The number of carbonyl (C=O) groups excluding carboxylic acids is 2. The molecule has 0 aliphatic carbocycles. The number of aromatic nitrogens is 1. The Hall–Kier alpha value is -4.01. The molecule has 9 heteroatoms. The first kappa shape index (κ1) is 28.0. The Kier molecular flexibility index (Phi) is 8.79. The third kappa shape index (κ3) is 6.90. The van der Waals surface area contributed by atoms with E-state index in [0.29, 0.717) is 5.13 Å². The molecule has 0 amide bonds. The Bertz CT molecular complexity index is 1340. The molecule has 3 aromatic carbocycles. The van der Waals surface area contributed by atoms with Crippen molar-refractivity contribution in [3.8, 4) is 0 Å². The lowest BCUT2D eigenvalue weighted by atomic mass is 9.77. The molecule has 0 aliphatic heterocycles. The lowest BCUT2D eigenvalue weighted by Gasteiger charge is -2.36. The zero-order valence-corrected chi connectivity index (χ0v) is 23.3. The fraction of sp³-hybridized carbons (Fsp3) is 0.200. The number of anilines is 1. The van der Waals surface area contributed by atoms with E-state index in [9.17, 15) is 9.59 Å². The maximum absolute atomic E-state index is 12.2. The SMILES string of the molecule is CC(C)(C)OC(=O)CO/N=C(/C(=O)Cl)c1csc(NC(c2ccccc2)(c2ccccc2)c2ccccc2)n1. The summed E-state index contributed by atoms with van der Waals surface area (Å²) >= 11 is 7.10. The van der Waals surface area contributed by atoms with Crippen molar-refractivity contribution in [3.63, 3.8) is 0 Å². The Labute approximate surface area is 236 Å². The molecule has 1 aromatic heterocycles. The molecule has 0 saturated heterocycles. The number of hydrogen-bond acceptors (Lipinski definition) is 8. The highest BCUT2D eigenvalue weighted by Gasteiger charge is 2.37. The highest BCUT2D eigenvalue weighted by Crippen LogP contribution is 2.40. The zero-order chi connectivity index (χ0) is 27.9. The van der Waals surface area contributed by atoms with E-state index in [0.717, 1.165) is 16.7 Å². The maximum Gasteiger partial charge on any atom is 0.347 e. The number of nitrogens with zero attached hydrogens (tertiary/aromatic N) is 2. The summed E-state index contributed by atoms with van der Waals surface area (Å²) in [5, 5.41) is 8.76. The molecule has 0 bridgehead atoms. The molecule has 4 rings (SSSR count). The van der Waals surface area contributed by atoms with Crippen LogP contribution in [0.1, 0.15) is 43.2 Å². The number of oxime groups is 1. The van der Waals surface area contributed by atoms with E-state index >= 15 is 0 Å². The number of esters is 1. The quantitative estimate of drug-likeness (QED) is 0.0795. The number of hydrogen-bond donors (Lipinski definition) is 1. The number of halogens is 1. The average molecular weight is 562 g/mol. The van der Waals surface area contributed by atoms with Crippen LogP contribution in [0.15, 0.2) is 102 Å². The minimum atomic E-state index is -0.864. The van der Waals surface area contributed by atoms with Crippen LogP contribution in [0.4, 0.5) is 5.13 Å². The fourth-order valence-corrected chi connectivity index (χ4v) is 4.97. The van der Waals surface area contributed by atoms with Crippen LogP contribution in [0.2, 0.25) is 0 Å². The standard InChI is InChI=1S/C30H28ClN3O4S/c1-29(2,3)38-25(35)19-37-34-26(27(31)36)24-20-39-28(32-24)33-30(21-13-7-4-8-14-21,22-15-9-5-10-16-22)23-17-11-6-12-18-23/h4-18,20H,19H2,1-3H3,(H,32,33)/b34-26+. The number of carbonyl (C=O) groups is 2. The number of ether oxygens (including phenoxy) is 1. The van der Waals surface area contributed by atoms with Gasteiger partial charge in [-0.25, -0.2) is 9.78 Å². The molecule has 0 fully saturated rings. The van der Waals surface area contributed by atoms with Crippen LogP contribution in [0.3, 0.4) is 0 Å². The van der Waals surface area contributed by atoms with Crippen molar-refractivity contribution in [2.24, 2.45) is 5.16 Å². The van der Waals surface area contributed by atoms with Crippen LogP contribution >= 0.6 is 22.9 Å². The summed E-state index contributed by atoms with van der Waals surface area (Å²) in [5.41, 5.74) is 1.54. The van der Waals surface area contributed by atoms with Crippen LogP contribution in [0.25, 0.3) is 0 Å². The van der Waals surface area contributed by atoms with Gasteiger partial charge in [0.2, 0.25) is 6.61 Å². The van der Waals surface area contributed by atoms with Crippen LogP contribution in [0, 0.1) is 0 Å². The van der Waals surface area contributed by atoms with Crippen molar-refractivity contribution >= 4 is 45.0 Å². The number of benzene rings is 3. The van der Waals surface area contributed by atoms with Crippen molar-refractivity contribution in [2.75, 3.05) is 11.9 Å². The summed E-state index contributed by atoms with van der Waals surface area (Å²) in [4.78, 5) is 33.9. The Balaban J connectivity index is 1.70. The highest BCUT2D eigenvalue weighted by molar-refractivity contribution is 7.14. The van der Waals surface area contributed by atoms with Gasteiger partial charge in [0.05, 0.1) is 0 Å². The van der Waals surface area contributed by atoms with Crippen LogP contribution in [-0.2, 0) is 24.7 Å². The monoisotopic (exact) mass is 561 g/mol. The second-order valence-electron chi connectivity index (χ2n) is 9.58. The van der Waals surface area contributed by atoms with Gasteiger partial charge >= 0.3 is 5.97 Å². The lowest BCUT2D eigenvalue weighted by Crippen LogP contribution is -2.38. The van der Waals surface area contributed by atoms with E-state index in [2.05, 4.69) is 51.9 Å². The Morgan fingerprint density at radius 3 is 1.79 bits per heavy atom. The van der Waals surface area contributed by atoms with Crippen molar-refractivity contribution in [1.29, 1.82) is 0 Å². The second kappa shape index (κ2) is 12.2. The predicted octanol–water partition coefficient (Wildman–Crippen LogP) is 6.37. The van der Waals surface area contributed by atoms with Crippen LogP contribution in [-0.4, -0.2) is 34.1 Å². The highest BCUT2D eigenvalue weighted by atomic mass is 35.5. The predicted molar refractivity (Wildman–Crippen MR) is 154 cm³/mol. The molecule has 39 heavy (non-hydrogen) atoms. The molecule has 0 unspecified atom stereocenters. The summed E-state index contributed by atoms with van der Waals surface area (Å²) < 4.78 is 5.20. The maximum atomic E-state index is 12.2. The van der Waals surface area contributed by atoms with Crippen molar-refractivity contribution in [1.82, 2.24) is 4.98 Å². The summed E-state index contributed by atoms with van der Waals surface area (Å²) in [6, 6.07) is 30.2. The van der Waals surface area contributed by atoms with E-state index in [4.69, 9.17) is 21.2 Å². The van der Waals surface area contributed by atoms with Gasteiger partial charge < -0.3 is 14.9 Å². The van der Waals surface area contributed by atoms with E-state index in [1.54, 1.807) is 26.2 Å². The van der Waals surface area contributed by atoms with E-state index in [-0.39, 0.29) is 11.4 Å². The first-order chi connectivity index (χ1) is 18.7. The molecule has 0 saturated carbocycles. The number of rotatable bonds is 10. The summed E-state index contributed by atoms with van der Waals surface area (Å²) in [5.74, 6) is -0.619. The molecule has 0 aliphatic rings. The molecule has 0 atom stereocenters. The van der Waals surface area contributed by atoms with Gasteiger partial charge in [-0.3, -0.25) is 4.79 Å². The van der Waals surface area contributed by atoms with Gasteiger partial charge in [0.25, 0.3) is 5.24 Å². The summed E-state index contributed by atoms with van der Waals surface area (Å²) in [6.07, 6.45) is 0. The van der Waals surface area contributed by atoms with Crippen LogP contribution in [0.5, 0.6) is 0 Å². The van der Waals surface area contributed by atoms with E-state index in [1.165, 1.54) is 11.3 Å². The second-order valence-corrected chi connectivity index (χ2v) is 10.8. The largest absolute Gasteiger partial charge is 0.457 e. The topological polar surface area (TPSA) is 89.9 Å². The third-order valence-corrected chi connectivity index (χ3v) is 6.54.